The Morgan fingerprint density at radius 3 is 2.88 bits per heavy atom. The van der Waals surface area contributed by atoms with Crippen LogP contribution in [0.15, 0.2) is 24.3 Å². The molecule has 3 heteroatoms. The minimum absolute atomic E-state index is 0.152. The first-order valence-electron chi connectivity index (χ1n) is 6.30. The lowest BCUT2D eigenvalue weighted by Gasteiger charge is -2.18. The Hall–Kier alpha value is -1.51. The number of likely N-dealkylation sites (tertiary alicyclic amines) is 1. The molecule has 1 amide bonds. The summed E-state index contributed by atoms with van der Waals surface area (Å²) in [4.78, 5) is 14.2. The van der Waals surface area contributed by atoms with Crippen molar-refractivity contribution in [2.24, 2.45) is 11.8 Å². The number of hydrogen-bond donors (Lipinski definition) is 0. The number of fused-ring (bicyclic) bond motifs is 1. The second-order valence-corrected chi connectivity index (χ2v) is 4.93. The fourth-order valence-corrected chi connectivity index (χ4v) is 2.63. The molecule has 1 aliphatic heterocycles. The molecule has 2 fully saturated rings. The maximum absolute atomic E-state index is 12.2. The number of benzene rings is 1. The molecule has 0 aromatic heterocycles. The van der Waals surface area contributed by atoms with Crippen molar-refractivity contribution in [2.75, 3.05) is 19.7 Å². The molecule has 2 unspecified atom stereocenters. The van der Waals surface area contributed by atoms with E-state index in [1.165, 1.54) is 6.42 Å². The monoisotopic (exact) mass is 231 g/mol. The van der Waals surface area contributed by atoms with E-state index in [1.807, 2.05) is 36.1 Å². The highest BCUT2D eigenvalue weighted by atomic mass is 16.5. The molecule has 1 aromatic rings. The highest BCUT2D eigenvalue weighted by molar-refractivity contribution is 5.94. The predicted molar refractivity (Wildman–Crippen MR) is 65.1 cm³/mol. The molecule has 2 atom stereocenters. The van der Waals surface area contributed by atoms with E-state index >= 15 is 0 Å². The molecule has 1 aromatic carbocycles. The molecule has 2 aliphatic rings. The Labute approximate surface area is 101 Å². The SMILES string of the molecule is CCOc1cccc(C(=O)N2CC3CC3C2)c1. The molecule has 90 valence electrons. The fraction of sp³-hybridized carbons (Fsp3) is 0.500. The Morgan fingerprint density at radius 2 is 2.18 bits per heavy atom. The number of rotatable bonds is 3. The third-order valence-electron chi connectivity index (χ3n) is 3.66. The lowest BCUT2D eigenvalue weighted by atomic mass is 10.2. The van der Waals surface area contributed by atoms with Crippen molar-refractivity contribution in [3.63, 3.8) is 0 Å². The highest BCUT2D eigenvalue weighted by Gasteiger charge is 2.46. The molecule has 17 heavy (non-hydrogen) atoms. The maximum atomic E-state index is 12.2. The molecular weight excluding hydrogens is 214 g/mol. The van der Waals surface area contributed by atoms with Gasteiger partial charge in [-0.05, 0) is 43.4 Å². The van der Waals surface area contributed by atoms with Crippen molar-refractivity contribution in [1.29, 1.82) is 0 Å². The van der Waals surface area contributed by atoms with Crippen molar-refractivity contribution in [2.45, 2.75) is 13.3 Å². The summed E-state index contributed by atoms with van der Waals surface area (Å²) in [7, 11) is 0. The van der Waals surface area contributed by atoms with Gasteiger partial charge in [0.05, 0.1) is 6.61 Å². The first-order valence-corrected chi connectivity index (χ1v) is 6.30. The zero-order valence-electron chi connectivity index (χ0n) is 10.1. The molecule has 0 radical (unpaired) electrons. The first-order chi connectivity index (χ1) is 8.28. The van der Waals surface area contributed by atoms with E-state index in [1.54, 1.807) is 0 Å². The van der Waals surface area contributed by atoms with Crippen LogP contribution in [0.2, 0.25) is 0 Å². The molecule has 0 spiro atoms. The normalized spacial score (nSPS) is 25.6. The van der Waals surface area contributed by atoms with Crippen molar-refractivity contribution in [3.8, 4) is 5.75 Å². The summed E-state index contributed by atoms with van der Waals surface area (Å²) >= 11 is 0. The number of nitrogens with zero attached hydrogens (tertiary/aromatic N) is 1. The minimum atomic E-state index is 0.152. The van der Waals surface area contributed by atoms with Crippen LogP contribution in [0.4, 0.5) is 0 Å². The van der Waals surface area contributed by atoms with Crippen molar-refractivity contribution in [3.05, 3.63) is 29.8 Å². The third-order valence-corrected chi connectivity index (χ3v) is 3.66. The highest BCUT2D eigenvalue weighted by Crippen LogP contribution is 2.45. The first kappa shape index (κ1) is 10.6. The summed E-state index contributed by atoms with van der Waals surface area (Å²) in [5.74, 6) is 2.50. The molecule has 3 rings (SSSR count). The number of carbonyl (C=O) groups excluding carboxylic acids is 1. The van der Waals surface area contributed by atoms with Crippen LogP contribution in [0.5, 0.6) is 5.75 Å². The number of carbonyl (C=O) groups is 1. The summed E-state index contributed by atoms with van der Waals surface area (Å²) in [6.45, 7) is 4.47. The summed E-state index contributed by atoms with van der Waals surface area (Å²) in [5.41, 5.74) is 0.747. The minimum Gasteiger partial charge on any atom is -0.494 e. The van der Waals surface area contributed by atoms with Gasteiger partial charge in [-0.2, -0.15) is 0 Å². The average molecular weight is 231 g/mol. The van der Waals surface area contributed by atoms with Gasteiger partial charge in [-0.25, -0.2) is 0 Å². The van der Waals surface area contributed by atoms with Crippen LogP contribution in [0, 0.1) is 11.8 Å². The lowest BCUT2D eigenvalue weighted by Crippen LogP contribution is -2.30. The second-order valence-electron chi connectivity index (χ2n) is 4.93. The van der Waals surface area contributed by atoms with Crippen molar-refractivity contribution in [1.82, 2.24) is 4.90 Å². The van der Waals surface area contributed by atoms with Crippen LogP contribution in [0.3, 0.4) is 0 Å². The molecular formula is C14H17NO2. The van der Waals surface area contributed by atoms with Gasteiger partial charge < -0.3 is 9.64 Å². The predicted octanol–water partition coefficient (Wildman–Crippen LogP) is 2.18. The second kappa shape index (κ2) is 4.06. The smallest absolute Gasteiger partial charge is 0.254 e. The molecule has 1 heterocycles. The van der Waals surface area contributed by atoms with Gasteiger partial charge in [-0.1, -0.05) is 6.07 Å². The van der Waals surface area contributed by atoms with Gasteiger partial charge in [0.25, 0.3) is 5.91 Å². The Kier molecular flexibility index (Phi) is 2.54. The summed E-state index contributed by atoms with van der Waals surface area (Å²) < 4.78 is 5.42. The topological polar surface area (TPSA) is 29.5 Å². The Balaban J connectivity index is 1.74. The van der Waals surface area contributed by atoms with Crippen LogP contribution in [0.1, 0.15) is 23.7 Å². The zero-order valence-corrected chi connectivity index (χ0v) is 10.1. The standard InChI is InChI=1S/C14H17NO2/c1-2-17-13-5-3-4-10(7-13)14(16)15-8-11-6-12(11)9-15/h3-5,7,11-12H,2,6,8-9H2,1H3. The molecule has 1 aliphatic carbocycles. The third kappa shape index (κ3) is 2.02. The van der Waals surface area contributed by atoms with E-state index in [-0.39, 0.29) is 5.91 Å². The molecule has 1 saturated heterocycles. The summed E-state index contributed by atoms with van der Waals surface area (Å²) in [5, 5.41) is 0. The maximum Gasteiger partial charge on any atom is 0.254 e. The Morgan fingerprint density at radius 1 is 1.41 bits per heavy atom. The lowest BCUT2D eigenvalue weighted by molar-refractivity contribution is 0.0775. The van der Waals surface area contributed by atoms with E-state index < -0.39 is 0 Å². The van der Waals surface area contributed by atoms with Crippen LogP contribution in [-0.4, -0.2) is 30.5 Å². The molecule has 0 bridgehead atoms. The molecule has 3 nitrogen and oxygen atoms in total. The van der Waals surface area contributed by atoms with E-state index in [0.717, 1.165) is 36.2 Å². The fourth-order valence-electron chi connectivity index (χ4n) is 2.63. The summed E-state index contributed by atoms with van der Waals surface area (Å²) in [6.07, 6.45) is 1.32. The van der Waals surface area contributed by atoms with Gasteiger partial charge in [0.1, 0.15) is 5.75 Å². The van der Waals surface area contributed by atoms with E-state index in [0.29, 0.717) is 6.61 Å². The van der Waals surface area contributed by atoms with Gasteiger partial charge in [-0.15, -0.1) is 0 Å². The summed E-state index contributed by atoms with van der Waals surface area (Å²) in [6, 6.07) is 7.49. The van der Waals surface area contributed by atoms with E-state index in [2.05, 4.69) is 0 Å². The van der Waals surface area contributed by atoms with Crippen LogP contribution < -0.4 is 4.74 Å². The van der Waals surface area contributed by atoms with E-state index in [9.17, 15) is 4.79 Å². The van der Waals surface area contributed by atoms with E-state index in [4.69, 9.17) is 4.74 Å². The van der Waals surface area contributed by atoms with Crippen molar-refractivity contribution < 1.29 is 9.53 Å². The number of ether oxygens (including phenoxy) is 1. The quantitative estimate of drug-likeness (QED) is 0.798. The van der Waals surface area contributed by atoms with Crippen molar-refractivity contribution >= 4 is 5.91 Å². The Bertz CT molecular complexity index is 434. The molecule has 0 N–H and O–H groups in total. The van der Waals surface area contributed by atoms with Crippen LogP contribution in [-0.2, 0) is 0 Å². The van der Waals surface area contributed by atoms with Gasteiger partial charge in [0.2, 0.25) is 0 Å². The number of hydrogen-bond acceptors (Lipinski definition) is 2. The number of piperidine rings is 1. The van der Waals surface area contributed by atoms with Gasteiger partial charge >= 0.3 is 0 Å². The number of amides is 1. The largest absolute Gasteiger partial charge is 0.494 e. The average Bonchev–Trinajstić information content (AvgIpc) is 2.96. The van der Waals surface area contributed by atoms with Gasteiger partial charge in [-0.3, -0.25) is 4.79 Å². The van der Waals surface area contributed by atoms with Gasteiger partial charge in [0.15, 0.2) is 0 Å². The zero-order chi connectivity index (χ0) is 11.8. The van der Waals surface area contributed by atoms with Crippen LogP contribution >= 0.6 is 0 Å². The van der Waals surface area contributed by atoms with Crippen LogP contribution in [0.25, 0.3) is 0 Å². The molecule has 1 saturated carbocycles. The van der Waals surface area contributed by atoms with Gasteiger partial charge in [0, 0.05) is 18.7 Å².